The van der Waals surface area contributed by atoms with Gasteiger partial charge in [-0.2, -0.15) is 13.2 Å². The van der Waals surface area contributed by atoms with E-state index in [1.165, 1.54) is 25.3 Å². The minimum atomic E-state index is -4.96. The van der Waals surface area contributed by atoms with Crippen LogP contribution in [0.25, 0.3) is 0 Å². The Morgan fingerprint density at radius 1 is 1.40 bits per heavy atom. The summed E-state index contributed by atoms with van der Waals surface area (Å²) in [5, 5.41) is 0. The summed E-state index contributed by atoms with van der Waals surface area (Å²) in [6.07, 6.45) is -4.96. The summed E-state index contributed by atoms with van der Waals surface area (Å²) in [6.45, 7) is 0. The van der Waals surface area contributed by atoms with Gasteiger partial charge in [0.1, 0.15) is 5.75 Å². The van der Waals surface area contributed by atoms with Crippen LogP contribution in [0, 0.1) is 0 Å². The van der Waals surface area contributed by atoms with E-state index in [2.05, 4.69) is 4.74 Å². The van der Waals surface area contributed by atoms with Crippen LogP contribution in [-0.2, 0) is 0 Å². The van der Waals surface area contributed by atoms with Crippen molar-refractivity contribution in [3.8, 4) is 5.75 Å². The van der Waals surface area contributed by atoms with Crippen LogP contribution in [-0.4, -0.2) is 19.1 Å². The van der Waals surface area contributed by atoms with E-state index in [-0.39, 0.29) is 11.4 Å². The summed E-state index contributed by atoms with van der Waals surface area (Å²) in [5.41, 5.74) is 4.39. The van der Waals surface area contributed by atoms with Gasteiger partial charge in [-0.25, -0.2) is 0 Å². The number of alkyl halides is 3. The molecule has 0 radical (unpaired) electrons. The third-order valence-electron chi connectivity index (χ3n) is 1.76. The van der Waals surface area contributed by atoms with Crippen LogP contribution in [0.15, 0.2) is 18.2 Å². The number of hydrogen-bond acceptors (Lipinski definition) is 3. The van der Waals surface area contributed by atoms with Gasteiger partial charge in [-0.05, 0) is 12.1 Å². The SMILES string of the molecule is COc1cccc(N)c1C(=O)C(F)(F)F. The van der Waals surface area contributed by atoms with E-state index in [1.54, 1.807) is 0 Å². The molecule has 0 aliphatic rings. The molecule has 0 heterocycles. The average molecular weight is 219 g/mol. The molecule has 1 rings (SSSR count). The summed E-state index contributed by atoms with van der Waals surface area (Å²) in [5.74, 6) is -2.19. The van der Waals surface area contributed by atoms with Crippen LogP contribution < -0.4 is 10.5 Å². The molecule has 0 fully saturated rings. The molecule has 0 amide bonds. The second-order valence-corrected chi connectivity index (χ2v) is 2.75. The van der Waals surface area contributed by atoms with Gasteiger partial charge in [0.05, 0.1) is 12.7 Å². The van der Waals surface area contributed by atoms with Gasteiger partial charge in [0, 0.05) is 5.69 Å². The molecule has 15 heavy (non-hydrogen) atoms. The first-order valence-electron chi connectivity index (χ1n) is 3.92. The van der Waals surface area contributed by atoms with Crippen molar-refractivity contribution in [2.45, 2.75) is 6.18 Å². The van der Waals surface area contributed by atoms with E-state index in [0.29, 0.717) is 0 Å². The zero-order chi connectivity index (χ0) is 11.6. The number of ether oxygens (including phenoxy) is 1. The summed E-state index contributed by atoms with van der Waals surface area (Å²) in [7, 11) is 1.17. The van der Waals surface area contributed by atoms with Crippen molar-refractivity contribution in [2.24, 2.45) is 0 Å². The molecule has 6 heteroatoms. The lowest BCUT2D eigenvalue weighted by molar-refractivity contribution is -0.0886. The van der Waals surface area contributed by atoms with Gasteiger partial charge in [0.2, 0.25) is 0 Å². The van der Waals surface area contributed by atoms with Gasteiger partial charge in [0.25, 0.3) is 5.78 Å². The Morgan fingerprint density at radius 2 is 2.00 bits per heavy atom. The number of nitrogen functional groups attached to an aromatic ring is 1. The lowest BCUT2D eigenvalue weighted by Crippen LogP contribution is -2.24. The Kier molecular flexibility index (Phi) is 2.88. The molecule has 0 spiro atoms. The number of ketones is 1. The zero-order valence-electron chi connectivity index (χ0n) is 7.76. The number of carbonyl (C=O) groups excluding carboxylic acids is 1. The van der Waals surface area contributed by atoms with Crippen LogP contribution >= 0.6 is 0 Å². The lowest BCUT2D eigenvalue weighted by atomic mass is 10.1. The third-order valence-corrected chi connectivity index (χ3v) is 1.76. The first-order chi connectivity index (χ1) is 6.88. The normalized spacial score (nSPS) is 11.2. The fourth-order valence-electron chi connectivity index (χ4n) is 1.10. The molecule has 0 aliphatic carbocycles. The number of rotatable bonds is 2. The highest BCUT2D eigenvalue weighted by Gasteiger charge is 2.41. The van der Waals surface area contributed by atoms with Crippen LogP contribution in [0.5, 0.6) is 5.75 Å². The molecule has 0 aromatic heterocycles. The van der Waals surface area contributed by atoms with Gasteiger partial charge in [0.15, 0.2) is 0 Å². The molecule has 0 aliphatic heterocycles. The first kappa shape index (κ1) is 11.4. The highest BCUT2D eigenvalue weighted by molar-refractivity contribution is 6.06. The average Bonchev–Trinajstić information content (AvgIpc) is 2.15. The lowest BCUT2D eigenvalue weighted by Gasteiger charge is -2.11. The Bertz CT molecular complexity index is 387. The molecule has 0 saturated heterocycles. The summed E-state index contributed by atoms with van der Waals surface area (Å²) in [6, 6.07) is 3.86. The molecule has 1 aromatic rings. The fourth-order valence-corrected chi connectivity index (χ4v) is 1.10. The Hall–Kier alpha value is -1.72. The second-order valence-electron chi connectivity index (χ2n) is 2.75. The van der Waals surface area contributed by atoms with Gasteiger partial charge in [-0.3, -0.25) is 4.79 Å². The van der Waals surface area contributed by atoms with Gasteiger partial charge in [-0.15, -0.1) is 0 Å². The van der Waals surface area contributed by atoms with Crippen molar-refractivity contribution in [3.63, 3.8) is 0 Å². The number of hydrogen-bond donors (Lipinski definition) is 1. The van der Waals surface area contributed by atoms with Crippen molar-refractivity contribution in [3.05, 3.63) is 23.8 Å². The topological polar surface area (TPSA) is 52.3 Å². The molecular formula is C9H8F3NO2. The Labute approximate surface area is 83.6 Å². The summed E-state index contributed by atoms with van der Waals surface area (Å²) >= 11 is 0. The van der Waals surface area contributed by atoms with Gasteiger partial charge in [-0.1, -0.05) is 6.07 Å². The first-order valence-corrected chi connectivity index (χ1v) is 3.92. The molecular weight excluding hydrogens is 211 g/mol. The highest BCUT2D eigenvalue weighted by atomic mass is 19.4. The number of methoxy groups -OCH3 is 1. The Balaban J connectivity index is 3.30. The largest absolute Gasteiger partial charge is 0.496 e. The number of halogens is 3. The molecule has 3 nitrogen and oxygen atoms in total. The second kappa shape index (κ2) is 3.80. The summed E-state index contributed by atoms with van der Waals surface area (Å²) in [4.78, 5) is 11.0. The van der Waals surface area contributed by atoms with Crippen molar-refractivity contribution in [1.82, 2.24) is 0 Å². The predicted molar refractivity (Wildman–Crippen MR) is 47.8 cm³/mol. The molecule has 82 valence electrons. The van der Waals surface area contributed by atoms with Crippen LogP contribution in [0.1, 0.15) is 10.4 Å². The number of anilines is 1. The maximum atomic E-state index is 12.2. The standard InChI is InChI=1S/C9H8F3NO2/c1-15-6-4-2-3-5(13)7(6)8(14)9(10,11)12/h2-4H,13H2,1H3. The van der Waals surface area contributed by atoms with E-state index in [1.807, 2.05) is 0 Å². The number of carbonyl (C=O) groups is 1. The van der Waals surface area contributed by atoms with Crippen LogP contribution in [0.3, 0.4) is 0 Å². The van der Waals surface area contributed by atoms with Gasteiger partial charge >= 0.3 is 6.18 Å². The molecule has 1 aromatic carbocycles. The predicted octanol–water partition coefficient (Wildman–Crippen LogP) is 2.02. The van der Waals surface area contributed by atoms with Gasteiger partial charge < -0.3 is 10.5 Å². The highest BCUT2D eigenvalue weighted by Crippen LogP contribution is 2.31. The molecule has 0 atom stereocenters. The molecule has 0 bridgehead atoms. The Morgan fingerprint density at radius 3 is 2.47 bits per heavy atom. The maximum absolute atomic E-state index is 12.2. The number of nitrogens with two attached hydrogens (primary N) is 1. The van der Waals surface area contributed by atoms with Crippen molar-refractivity contribution < 1.29 is 22.7 Å². The van der Waals surface area contributed by atoms with Crippen LogP contribution in [0.2, 0.25) is 0 Å². The molecule has 2 N–H and O–H groups in total. The molecule has 0 unspecified atom stereocenters. The van der Waals surface area contributed by atoms with Crippen molar-refractivity contribution in [2.75, 3.05) is 12.8 Å². The minimum Gasteiger partial charge on any atom is -0.496 e. The van der Waals surface area contributed by atoms with E-state index in [4.69, 9.17) is 5.73 Å². The van der Waals surface area contributed by atoms with Crippen molar-refractivity contribution >= 4 is 11.5 Å². The zero-order valence-corrected chi connectivity index (χ0v) is 7.76. The molecule has 0 saturated carbocycles. The summed E-state index contributed by atoms with van der Waals surface area (Å²) < 4.78 is 41.2. The third kappa shape index (κ3) is 2.20. The smallest absolute Gasteiger partial charge is 0.455 e. The maximum Gasteiger partial charge on any atom is 0.455 e. The minimum absolute atomic E-state index is 0.183. The van der Waals surface area contributed by atoms with E-state index < -0.39 is 17.5 Å². The van der Waals surface area contributed by atoms with E-state index >= 15 is 0 Å². The fraction of sp³-hybridized carbons (Fsp3) is 0.222. The number of benzene rings is 1. The monoisotopic (exact) mass is 219 g/mol. The quantitative estimate of drug-likeness (QED) is 0.611. The van der Waals surface area contributed by atoms with E-state index in [0.717, 1.165) is 0 Å². The van der Waals surface area contributed by atoms with Crippen molar-refractivity contribution in [1.29, 1.82) is 0 Å². The number of Topliss-reactive ketones (excluding diaryl/α,β-unsaturated/α-hetero) is 1. The van der Waals surface area contributed by atoms with Crippen LogP contribution in [0.4, 0.5) is 18.9 Å². The van der Waals surface area contributed by atoms with E-state index in [9.17, 15) is 18.0 Å².